The van der Waals surface area contributed by atoms with Crippen molar-refractivity contribution in [2.24, 2.45) is 0 Å². The van der Waals surface area contributed by atoms with Crippen LogP contribution in [-0.4, -0.2) is 36.8 Å². The summed E-state index contributed by atoms with van der Waals surface area (Å²) < 4.78 is 17.2. The van der Waals surface area contributed by atoms with E-state index in [-0.39, 0.29) is 24.4 Å². The molecule has 8 heteroatoms. The molecule has 0 aliphatic carbocycles. The van der Waals surface area contributed by atoms with Crippen molar-refractivity contribution in [3.8, 4) is 17.2 Å². The Labute approximate surface area is 168 Å². The van der Waals surface area contributed by atoms with Crippen LogP contribution in [0.25, 0.3) is 10.9 Å². The third-order valence-electron chi connectivity index (χ3n) is 4.58. The first-order chi connectivity index (χ1) is 14.1. The maximum Gasteiger partial charge on any atom is 0.261 e. The Morgan fingerprint density at radius 3 is 2.45 bits per heavy atom. The lowest BCUT2D eigenvalue weighted by atomic mass is 10.2. The van der Waals surface area contributed by atoms with E-state index in [2.05, 4.69) is 10.3 Å². The first-order valence-electron chi connectivity index (χ1n) is 9.07. The number of ether oxygens (including phenoxy) is 3. The molecule has 152 valence electrons. The number of para-hydroxylation sites is 1. The first-order valence-corrected chi connectivity index (χ1v) is 9.07. The van der Waals surface area contributed by atoms with Gasteiger partial charge >= 0.3 is 0 Å². The molecule has 1 aromatic heterocycles. The molecule has 0 radical (unpaired) electrons. The van der Waals surface area contributed by atoms with Gasteiger partial charge in [0.2, 0.25) is 5.91 Å². The number of rotatable bonds is 8. The molecular formula is C21H23N3O5. The summed E-state index contributed by atoms with van der Waals surface area (Å²) in [5.41, 5.74) is 1.15. The van der Waals surface area contributed by atoms with E-state index in [1.54, 1.807) is 19.2 Å². The predicted molar refractivity (Wildman–Crippen MR) is 109 cm³/mol. The van der Waals surface area contributed by atoms with E-state index in [4.69, 9.17) is 14.2 Å². The van der Waals surface area contributed by atoms with Crippen LogP contribution >= 0.6 is 0 Å². The lowest BCUT2D eigenvalue weighted by Crippen LogP contribution is -2.27. The summed E-state index contributed by atoms with van der Waals surface area (Å²) in [4.78, 5) is 29.3. The largest absolute Gasteiger partial charge is 0.496 e. The van der Waals surface area contributed by atoms with Gasteiger partial charge in [-0.3, -0.25) is 14.2 Å². The van der Waals surface area contributed by atoms with Crippen molar-refractivity contribution >= 4 is 16.8 Å². The lowest BCUT2D eigenvalue weighted by Gasteiger charge is -2.11. The highest BCUT2D eigenvalue weighted by Gasteiger charge is 2.12. The molecule has 0 fully saturated rings. The standard InChI is InChI=1S/C21H23N3O5/c1-27-17-7-5-4-6-14(17)12-22-20(25)8-9-24-13-23-16-11-19(29-3)18(28-2)10-15(16)21(24)26/h4-7,10-11,13H,8-9,12H2,1-3H3,(H,22,25). The van der Waals surface area contributed by atoms with Gasteiger partial charge in [-0.15, -0.1) is 0 Å². The topological polar surface area (TPSA) is 91.7 Å². The van der Waals surface area contributed by atoms with E-state index >= 15 is 0 Å². The molecule has 3 aromatic rings. The minimum atomic E-state index is -0.242. The first kappa shape index (κ1) is 20.2. The Kier molecular flexibility index (Phi) is 6.33. The van der Waals surface area contributed by atoms with Gasteiger partial charge in [0, 0.05) is 31.1 Å². The van der Waals surface area contributed by atoms with Crippen LogP contribution in [-0.2, 0) is 17.9 Å². The van der Waals surface area contributed by atoms with Crippen molar-refractivity contribution < 1.29 is 19.0 Å². The number of aryl methyl sites for hydroxylation is 1. The van der Waals surface area contributed by atoms with Crippen molar-refractivity contribution in [3.05, 3.63) is 58.6 Å². The summed E-state index contributed by atoms with van der Waals surface area (Å²) in [6, 6.07) is 10.7. The number of nitrogens with one attached hydrogen (secondary N) is 1. The average molecular weight is 397 g/mol. The molecule has 0 spiro atoms. The predicted octanol–water partition coefficient (Wildman–Crippen LogP) is 2.13. The Morgan fingerprint density at radius 1 is 1.03 bits per heavy atom. The van der Waals surface area contributed by atoms with Crippen LogP contribution in [0.2, 0.25) is 0 Å². The van der Waals surface area contributed by atoms with Crippen LogP contribution in [0.5, 0.6) is 17.2 Å². The van der Waals surface area contributed by atoms with Crippen LogP contribution < -0.4 is 25.1 Å². The maximum absolute atomic E-state index is 12.7. The molecule has 2 aromatic carbocycles. The van der Waals surface area contributed by atoms with Gasteiger partial charge in [-0.25, -0.2) is 4.98 Å². The number of carbonyl (C=O) groups is 1. The monoisotopic (exact) mass is 397 g/mol. The number of benzene rings is 2. The highest BCUT2D eigenvalue weighted by Crippen LogP contribution is 2.29. The van der Waals surface area contributed by atoms with E-state index in [1.165, 1.54) is 25.1 Å². The minimum Gasteiger partial charge on any atom is -0.496 e. The molecule has 0 aliphatic rings. The van der Waals surface area contributed by atoms with Crippen molar-refractivity contribution in [3.63, 3.8) is 0 Å². The van der Waals surface area contributed by atoms with Crippen LogP contribution in [0, 0.1) is 0 Å². The minimum absolute atomic E-state index is 0.148. The van der Waals surface area contributed by atoms with Crippen LogP contribution in [0.1, 0.15) is 12.0 Å². The van der Waals surface area contributed by atoms with Gasteiger partial charge in [0.25, 0.3) is 5.56 Å². The SMILES string of the molecule is COc1ccccc1CNC(=O)CCn1cnc2cc(OC)c(OC)cc2c1=O. The third-order valence-corrected chi connectivity index (χ3v) is 4.58. The van der Waals surface area contributed by atoms with Crippen LogP contribution in [0.15, 0.2) is 47.5 Å². The molecule has 3 rings (SSSR count). The smallest absolute Gasteiger partial charge is 0.261 e. The van der Waals surface area contributed by atoms with Crippen molar-refractivity contribution in [1.82, 2.24) is 14.9 Å². The van der Waals surface area contributed by atoms with Gasteiger partial charge in [-0.05, 0) is 12.1 Å². The Balaban J connectivity index is 1.69. The normalized spacial score (nSPS) is 10.6. The fourth-order valence-electron chi connectivity index (χ4n) is 3.00. The quantitative estimate of drug-likeness (QED) is 0.626. The second-order valence-corrected chi connectivity index (χ2v) is 6.31. The summed E-state index contributed by atoms with van der Waals surface area (Å²) in [5, 5.41) is 3.25. The highest BCUT2D eigenvalue weighted by molar-refractivity contribution is 5.81. The molecular weight excluding hydrogens is 374 g/mol. The number of methoxy groups -OCH3 is 3. The fraction of sp³-hybridized carbons (Fsp3) is 0.286. The van der Waals surface area contributed by atoms with Gasteiger partial charge in [-0.1, -0.05) is 18.2 Å². The summed E-state index contributed by atoms with van der Waals surface area (Å²) in [7, 11) is 4.61. The van der Waals surface area contributed by atoms with Crippen LogP contribution in [0.4, 0.5) is 0 Å². The number of carbonyl (C=O) groups excluding carboxylic acids is 1. The molecule has 8 nitrogen and oxygen atoms in total. The van der Waals surface area contributed by atoms with E-state index < -0.39 is 0 Å². The number of fused-ring (bicyclic) bond motifs is 1. The Morgan fingerprint density at radius 2 is 1.72 bits per heavy atom. The van der Waals surface area contributed by atoms with E-state index in [0.29, 0.717) is 34.7 Å². The van der Waals surface area contributed by atoms with Crippen molar-refractivity contribution in [2.75, 3.05) is 21.3 Å². The highest BCUT2D eigenvalue weighted by atomic mass is 16.5. The number of amides is 1. The number of hydrogen-bond acceptors (Lipinski definition) is 6. The molecule has 0 saturated heterocycles. The summed E-state index contributed by atoms with van der Waals surface area (Å²) in [6.45, 7) is 0.568. The fourth-order valence-corrected chi connectivity index (χ4v) is 3.00. The van der Waals surface area contributed by atoms with Crippen molar-refractivity contribution in [1.29, 1.82) is 0 Å². The lowest BCUT2D eigenvalue weighted by molar-refractivity contribution is -0.121. The zero-order valence-electron chi connectivity index (χ0n) is 16.6. The second-order valence-electron chi connectivity index (χ2n) is 6.31. The molecule has 1 N–H and O–H groups in total. The van der Waals surface area contributed by atoms with Gasteiger partial charge in [0.1, 0.15) is 5.75 Å². The van der Waals surface area contributed by atoms with E-state index in [1.807, 2.05) is 24.3 Å². The third kappa shape index (κ3) is 4.48. The number of aromatic nitrogens is 2. The van der Waals surface area contributed by atoms with Gasteiger partial charge in [-0.2, -0.15) is 0 Å². The van der Waals surface area contributed by atoms with Gasteiger partial charge < -0.3 is 19.5 Å². The average Bonchev–Trinajstić information content (AvgIpc) is 2.76. The molecule has 29 heavy (non-hydrogen) atoms. The van der Waals surface area contributed by atoms with Crippen molar-refractivity contribution in [2.45, 2.75) is 19.5 Å². The van der Waals surface area contributed by atoms with E-state index in [9.17, 15) is 9.59 Å². The molecule has 0 atom stereocenters. The zero-order valence-corrected chi connectivity index (χ0v) is 16.6. The maximum atomic E-state index is 12.7. The number of hydrogen-bond donors (Lipinski definition) is 1. The molecule has 0 unspecified atom stereocenters. The molecule has 0 bridgehead atoms. The summed E-state index contributed by atoms with van der Waals surface area (Å²) in [6.07, 6.45) is 1.58. The Hall–Kier alpha value is -3.55. The molecule has 0 saturated carbocycles. The zero-order chi connectivity index (χ0) is 20.8. The Bertz CT molecular complexity index is 1080. The van der Waals surface area contributed by atoms with Gasteiger partial charge in [0.05, 0.1) is 38.6 Å². The van der Waals surface area contributed by atoms with E-state index in [0.717, 1.165) is 5.56 Å². The molecule has 1 heterocycles. The second kappa shape index (κ2) is 9.09. The molecule has 1 amide bonds. The summed E-state index contributed by atoms with van der Waals surface area (Å²) >= 11 is 0. The van der Waals surface area contributed by atoms with Gasteiger partial charge in [0.15, 0.2) is 11.5 Å². The van der Waals surface area contributed by atoms with Crippen LogP contribution in [0.3, 0.4) is 0 Å². The molecule has 0 aliphatic heterocycles. The number of nitrogens with zero attached hydrogens (tertiary/aromatic N) is 2. The summed E-state index contributed by atoms with van der Waals surface area (Å²) in [5.74, 6) is 1.49.